The molecule has 1 aromatic heterocycles. The van der Waals surface area contributed by atoms with Crippen molar-refractivity contribution in [1.29, 1.82) is 0 Å². The number of piperazine rings is 1. The van der Waals surface area contributed by atoms with Gasteiger partial charge in [0.1, 0.15) is 0 Å². The van der Waals surface area contributed by atoms with Crippen LogP contribution in [-0.2, 0) is 13.6 Å². The van der Waals surface area contributed by atoms with Crippen molar-refractivity contribution in [1.82, 2.24) is 24.8 Å². The van der Waals surface area contributed by atoms with Crippen LogP contribution in [0.4, 0.5) is 0 Å². The van der Waals surface area contributed by atoms with Gasteiger partial charge in [-0.3, -0.25) is 14.5 Å². The molecule has 106 valence electrons. The van der Waals surface area contributed by atoms with Crippen LogP contribution in [0.2, 0.25) is 0 Å². The molecule has 3 N–H and O–H groups in total. The Bertz CT molecular complexity index is 436. The zero-order valence-electron chi connectivity index (χ0n) is 11.4. The topological polar surface area (TPSA) is 95.8 Å². The normalized spacial score (nSPS) is 20.6. The highest BCUT2D eigenvalue weighted by Gasteiger charge is 2.23. The highest BCUT2D eigenvalue weighted by molar-refractivity contribution is 5.84. The van der Waals surface area contributed by atoms with Crippen molar-refractivity contribution in [3.05, 3.63) is 11.9 Å². The quantitative estimate of drug-likeness (QED) is 0.317. The summed E-state index contributed by atoms with van der Waals surface area (Å²) in [6.07, 6.45) is 1.94. The van der Waals surface area contributed by atoms with Gasteiger partial charge in [-0.05, 0) is 6.92 Å². The van der Waals surface area contributed by atoms with E-state index < -0.39 is 0 Å². The predicted molar refractivity (Wildman–Crippen MR) is 70.7 cm³/mol. The fourth-order valence-electron chi connectivity index (χ4n) is 2.28. The van der Waals surface area contributed by atoms with Crippen molar-refractivity contribution >= 4 is 5.84 Å². The second kappa shape index (κ2) is 5.98. The summed E-state index contributed by atoms with van der Waals surface area (Å²) in [5.41, 5.74) is 6.62. The summed E-state index contributed by atoms with van der Waals surface area (Å²) in [4.78, 5) is 4.54. The van der Waals surface area contributed by atoms with Crippen LogP contribution in [0, 0.1) is 0 Å². The maximum Gasteiger partial charge on any atom is 0.156 e. The molecule has 1 aliphatic rings. The number of nitrogens with two attached hydrogens (primary N) is 1. The smallest absolute Gasteiger partial charge is 0.156 e. The minimum Gasteiger partial charge on any atom is -0.409 e. The molecule has 1 aliphatic heterocycles. The van der Waals surface area contributed by atoms with Gasteiger partial charge < -0.3 is 10.9 Å². The Morgan fingerprint density at radius 1 is 1.47 bits per heavy atom. The van der Waals surface area contributed by atoms with Crippen LogP contribution in [0.25, 0.3) is 0 Å². The van der Waals surface area contributed by atoms with Gasteiger partial charge in [0.25, 0.3) is 0 Å². The molecule has 8 heteroatoms. The number of nitrogens with zero attached hydrogens (tertiary/aromatic N) is 6. The predicted octanol–water partition coefficient (Wildman–Crippen LogP) is -0.932. The van der Waals surface area contributed by atoms with Gasteiger partial charge in [0.15, 0.2) is 5.84 Å². The summed E-state index contributed by atoms with van der Waals surface area (Å²) in [6, 6.07) is -0.0244. The van der Waals surface area contributed by atoms with Gasteiger partial charge in [0.05, 0.1) is 11.7 Å². The number of aromatic nitrogens is 3. The lowest BCUT2D eigenvalue weighted by Crippen LogP contribution is -2.52. The van der Waals surface area contributed by atoms with Gasteiger partial charge in [-0.2, -0.15) is 0 Å². The molecule has 0 aliphatic carbocycles. The van der Waals surface area contributed by atoms with Gasteiger partial charge in [0, 0.05) is 46.0 Å². The number of rotatable bonds is 4. The van der Waals surface area contributed by atoms with Gasteiger partial charge in [-0.15, -0.1) is 5.10 Å². The Labute approximate surface area is 112 Å². The highest BCUT2D eigenvalue weighted by Crippen LogP contribution is 2.09. The number of hydrogen-bond donors (Lipinski definition) is 2. The van der Waals surface area contributed by atoms with Crippen molar-refractivity contribution in [3.8, 4) is 0 Å². The van der Waals surface area contributed by atoms with Crippen LogP contribution in [0.1, 0.15) is 12.6 Å². The Hall–Kier alpha value is -1.67. The van der Waals surface area contributed by atoms with E-state index in [4.69, 9.17) is 10.9 Å². The Balaban J connectivity index is 1.82. The molecule has 2 heterocycles. The Kier molecular flexibility index (Phi) is 4.33. The molecule has 0 spiro atoms. The average Bonchev–Trinajstić information content (AvgIpc) is 2.83. The van der Waals surface area contributed by atoms with Gasteiger partial charge in [-0.1, -0.05) is 10.4 Å². The van der Waals surface area contributed by atoms with E-state index in [1.54, 1.807) is 4.68 Å². The molecule has 1 saturated heterocycles. The molecule has 0 amide bonds. The fraction of sp³-hybridized carbons (Fsp3) is 0.727. The average molecular weight is 267 g/mol. The molecule has 0 saturated carbocycles. The van der Waals surface area contributed by atoms with Gasteiger partial charge >= 0.3 is 0 Å². The van der Waals surface area contributed by atoms with E-state index in [0.29, 0.717) is 0 Å². The first-order valence-electron chi connectivity index (χ1n) is 6.39. The lowest BCUT2D eigenvalue weighted by Gasteiger charge is -2.37. The summed E-state index contributed by atoms with van der Waals surface area (Å²) in [6.45, 7) is 6.46. The summed E-state index contributed by atoms with van der Waals surface area (Å²) < 4.78 is 1.71. The standard InChI is InChI=1S/C11H21N7O/c1-9(11(12)14-19)18-5-3-17(4-6-18)8-10-7-16(2)15-13-10/h7,9,19H,3-6,8H2,1-2H3,(H2,12,14). The first kappa shape index (κ1) is 13.8. The van der Waals surface area contributed by atoms with E-state index in [9.17, 15) is 0 Å². The first-order chi connectivity index (χ1) is 9.10. The van der Waals surface area contributed by atoms with Crippen LogP contribution < -0.4 is 5.73 Å². The van der Waals surface area contributed by atoms with Crippen molar-refractivity contribution in [2.75, 3.05) is 26.2 Å². The first-order valence-corrected chi connectivity index (χ1v) is 6.39. The molecule has 0 aromatic carbocycles. The zero-order chi connectivity index (χ0) is 13.8. The molecular formula is C11H21N7O. The third-order valence-electron chi connectivity index (χ3n) is 3.53. The van der Waals surface area contributed by atoms with Crippen LogP contribution in [0.15, 0.2) is 11.4 Å². The number of oxime groups is 1. The van der Waals surface area contributed by atoms with Crippen LogP contribution in [-0.4, -0.2) is 68.1 Å². The van der Waals surface area contributed by atoms with E-state index in [2.05, 4.69) is 25.3 Å². The van der Waals surface area contributed by atoms with Crippen LogP contribution in [0.3, 0.4) is 0 Å². The van der Waals surface area contributed by atoms with Crippen LogP contribution >= 0.6 is 0 Å². The summed E-state index contributed by atoms with van der Waals surface area (Å²) in [5.74, 6) is 0.266. The Morgan fingerprint density at radius 3 is 2.68 bits per heavy atom. The van der Waals surface area contributed by atoms with E-state index in [1.165, 1.54) is 0 Å². The van der Waals surface area contributed by atoms with Crippen molar-refractivity contribution in [2.24, 2.45) is 17.9 Å². The maximum absolute atomic E-state index is 8.69. The number of hydrogen-bond acceptors (Lipinski definition) is 6. The summed E-state index contributed by atoms with van der Waals surface area (Å²) >= 11 is 0. The van der Waals surface area contributed by atoms with Crippen molar-refractivity contribution in [3.63, 3.8) is 0 Å². The SMILES string of the molecule is CC(C(N)=NO)N1CCN(Cc2cn(C)nn2)CC1. The minimum absolute atomic E-state index is 0.0244. The monoisotopic (exact) mass is 267 g/mol. The molecule has 1 fully saturated rings. The van der Waals surface area contributed by atoms with Gasteiger partial charge in [0.2, 0.25) is 0 Å². The largest absolute Gasteiger partial charge is 0.409 e. The molecular weight excluding hydrogens is 246 g/mol. The summed E-state index contributed by atoms with van der Waals surface area (Å²) in [7, 11) is 1.87. The molecule has 8 nitrogen and oxygen atoms in total. The van der Waals surface area contributed by atoms with Crippen molar-refractivity contribution in [2.45, 2.75) is 19.5 Å². The third kappa shape index (κ3) is 3.42. The van der Waals surface area contributed by atoms with E-state index in [-0.39, 0.29) is 11.9 Å². The zero-order valence-corrected chi connectivity index (χ0v) is 11.4. The second-order valence-corrected chi connectivity index (χ2v) is 4.90. The molecule has 1 aromatic rings. The van der Waals surface area contributed by atoms with E-state index in [0.717, 1.165) is 38.4 Å². The molecule has 0 radical (unpaired) electrons. The Morgan fingerprint density at radius 2 is 2.16 bits per heavy atom. The molecule has 0 bridgehead atoms. The number of aryl methyl sites for hydroxylation is 1. The van der Waals surface area contributed by atoms with E-state index in [1.807, 2.05) is 20.2 Å². The van der Waals surface area contributed by atoms with Gasteiger partial charge in [-0.25, -0.2) is 0 Å². The fourth-order valence-corrected chi connectivity index (χ4v) is 2.28. The third-order valence-corrected chi connectivity index (χ3v) is 3.53. The molecule has 1 unspecified atom stereocenters. The maximum atomic E-state index is 8.69. The summed E-state index contributed by atoms with van der Waals surface area (Å²) in [5, 5.41) is 19.8. The van der Waals surface area contributed by atoms with E-state index >= 15 is 0 Å². The lowest BCUT2D eigenvalue weighted by molar-refractivity contribution is 0.115. The second-order valence-electron chi connectivity index (χ2n) is 4.90. The highest BCUT2D eigenvalue weighted by atomic mass is 16.4. The molecule has 2 rings (SSSR count). The molecule has 19 heavy (non-hydrogen) atoms. The minimum atomic E-state index is -0.0244. The van der Waals surface area contributed by atoms with Crippen LogP contribution in [0.5, 0.6) is 0 Å². The van der Waals surface area contributed by atoms with Crippen molar-refractivity contribution < 1.29 is 5.21 Å². The lowest BCUT2D eigenvalue weighted by atomic mass is 10.2. The molecule has 1 atom stereocenters. The number of amidine groups is 1.